The molecule has 62 valence electrons. The maximum Gasteiger partial charge on any atom is 0.157 e. The third-order valence-corrected chi connectivity index (χ3v) is 4.06. The molecule has 12 heavy (non-hydrogen) atoms. The van der Waals surface area contributed by atoms with Crippen molar-refractivity contribution < 1.29 is 0 Å². The molecule has 2 aromatic rings. The first kappa shape index (κ1) is 8.71. The second kappa shape index (κ2) is 3.12. The van der Waals surface area contributed by atoms with E-state index >= 15 is 0 Å². The minimum absolute atomic E-state index is 0.458. The highest BCUT2D eigenvalue weighted by molar-refractivity contribution is 14.1. The fourth-order valence-corrected chi connectivity index (χ4v) is 2.24. The Labute approximate surface area is 95.4 Å². The van der Waals surface area contributed by atoms with Gasteiger partial charge >= 0.3 is 0 Å². The number of fused-ring (bicyclic) bond motifs is 1. The number of halogens is 3. The number of aromatic nitrogens is 3. The zero-order valence-corrected chi connectivity index (χ0v) is 10.1. The molecule has 0 aliphatic rings. The fraction of sp³-hybridized carbons (Fsp3) is 0. The Morgan fingerprint density at radius 1 is 1.58 bits per heavy atom. The molecule has 0 radical (unpaired) electrons. The molecule has 0 atom stereocenters. The summed E-state index contributed by atoms with van der Waals surface area (Å²) in [4.78, 5) is 3.88. The summed E-state index contributed by atoms with van der Waals surface area (Å²) in [5, 5.41) is 4.47. The predicted molar refractivity (Wildman–Crippen MR) is 58.4 cm³/mol. The molecule has 2 rings (SSSR count). The summed E-state index contributed by atoms with van der Waals surface area (Å²) < 4.78 is 3.70. The summed E-state index contributed by atoms with van der Waals surface area (Å²) in [5.74, 6) is 0. The molecule has 0 amide bonds. The smallest absolute Gasteiger partial charge is 0.157 e. The van der Waals surface area contributed by atoms with Crippen molar-refractivity contribution in [2.75, 3.05) is 0 Å². The molecule has 0 saturated heterocycles. The minimum atomic E-state index is 0.458. The maximum atomic E-state index is 5.87. The van der Waals surface area contributed by atoms with Crippen LogP contribution in [-0.4, -0.2) is 14.6 Å². The highest BCUT2D eigenvalue weighted by Crippen LogP contribution is 2.28. The molecular formula is C6H2BrClIN3. The van der Waals surface area contributed by atoms with E-state index in [2.05, 4.69) is 48.6 Å². The Morgan fingerprint density at radius 3 is 3.00 bits per heavy atom. The molecule has 0 bridgehead atoms. The molecule has 2 aromatic heterocycles. The number of hydrogen-bond donors (Lipinski definition) is 0. The van der Waals surface area contributed by atoms with Crippen molar-refractivity contribution in [1.29, 1.82) is 0 Å². The first-order chi connectivity index (χ1) is 5.70. The van der Waals surface area contributed by atoms with E-state index in [0.29, 0.717) is 5.15 Å². The van der Waals surface area contributed by atoms with Gasteiger partial charge in [0.25, 0.3) is 0 Å². The summed E-state index contributed by atoms with van der Waals surface area (Å²) in [5.41, 5.74) is 0.809. The van der Waals surface area contributed by atoms with Crippen molar-refractivity contribution in [2.45, 2.75) is 0 Å². The van der Waals surface area contributed by atoms with Crippen molar-refractivity contribution in [3.8, 4) is 0 Å². The molecule has 0 fully saturated rings. The average molecular weight is 358 g/mol. The molecular weight excluding hydrogens is 356 g/mol. The number of nitrogens with zero attached hydrogens (tertiary/aromatic N) is 3. The third kappa shape index (κ3) is 1.23. The van der Waals surface area contributed by atoms with E-state index in [4.69, 9.17) is 11.6 Å². The van der Waals surface area contributed by atoms with E-state index in [1.165, 1.54) is 6.33 Å². The van der Waals surface area contributed by atoms with Crippen LogP contribution >= 0.6 is 50.1 Å². The van der Waals surface area contributed by atoms with Gasteiger partial charge < -0.3 is 0 Å². The van der Waals surface area contributed by atoms with Gasteiger partial charge in [-0.1, -0.05) is 11.6 Å². The molecule has 0 aliphatic heterocycles. The van der Waals surface area contributed by atoms with E-state index in [0.717, 1.165) is 13.6 Å². The lowest BCUT2D eigenvalue weighted by Crippen LogP contribution is -1.90. The lowest BCUT2D eigenvalue weighted by molar-refractivity contribution is 0.901. The van der Waals surface area contributed by atoms with Gasteiger partial charge in [-0.3, -0.25) is 0 Å². The van der Waals surface area contributed by atoms with Crippen LogP contribution in [0.1, 0.15) is 0 Å². The standard InChI is InChI=1S/C6H2BrClIN3/c7-4-3(9)1-12-5(4)6(8)10-2-11-12/h1-2H. The van der Waals surface area contributed by atoms with Gasteiger partial charge in [-0.05, 0) is 38.5 Å². The second-order valence-electron chi connectivity index (χ2n) is 2.14. The average Bonchev–Trinajstić information content (AvgIpc) is 2.29. The summed E-state index contributed by atoms with van der Waals surface area (Å²) >= 11 is 11.5. The van der Waals surface area contributed by atoms with Crippen LogP contribution in [0, 0.1) is 3.57 Å². The van der Waals surface area contributed by atoms with E-state index in [1.807, 2.05) is 6.20 Å². The highest BCUT2D eigenvalue weighted by Gasteiger charge is 2.09. The summed E-state index contributed by atoms with van der Waals surface area (Å²) in [6.45, 7) is 0. The quantitative estimate of drug-likeness (QED) is 0.678. The number of rotatable bonds is 0. The normalized spacial score (nSPS) is 10.9. The summed E-state index contributed by atoms with van der Waals surface area (Å²) in [7, 11) is 0. The van der Waals surface area contributed by atoms with Gasteiger partial charge in [0.15, 0.2) is 5.15 Å². The van der Waals surface area contributed by atoms with Crippen molar-refractivity contribution in [3.63, 3.8) is 0 Å². The Kier molecular flexibility index (Phi) is 2.26. The molecule has 0 spiro atoms. The first-order valence-electron chi connectivity index (χ1n) is 3.03. The minimum Gasteiger partial charge on any atom is -0.234 e. The maximum absolute atomic E-state index is 5.87. The molecule has 2 heterocycles. The largest absolute Gasteiger partial charge is 0.234 e. The molecule has 6 heteroatoms. The predicted octanol–water partition coefficient (Wildman–Crippen LogP) is 2.75. The molecule has 0 unspecified atom stereocenters. The van der Waals surface area contributed by atoms with Gasteiger partial charge in [0.1, 0.15) is 11.8 Å². The monoisotopic (exact) mass is 357 g/mol. The Balaban J connectivity index is 2.97. The lowest BCUT2D eigenvalue weighted by Gasteiger charge is -1.93. The van der Waals surface area contributed by atoms with Gasteiger partial charge in [0, 0.05) is 9.77 Å². The van der Waals surface area contributed by atoms with Crippen LogP contribution in [0.25, 0.3) is 5.52 Å². The van der Waals surface area contributed by atoms with E-state index < -0.39 is 0 Å². The van der Waals surface area contributed by atoms with Crippen molar-refractivity contribution >= 4 is 55.6 Å². The van der Waals surface area contributed by atoms with E-state index in [-0.39, 0.29) is 0 Å². The first-order valence-corrected chi connectivity index (χ1v) is 5.28. The van der Waals surface area contributed by atoms with Crippen LogP contribution < -0.4 is 0 Å². The third-order valence-electron chi connectivity index (χ3n) is 1.42. The van der Waals surface area contributed by atoms with Gasteiger partial charge in [0.05, 0.1) is 4.47 Å². The van der Waals surface area contributed by atoms with Crippen LogP contribution in [0.3, 0.4) is 0 Å². The molecule has 0 N–H and O–H groups in total. The fourth-order valence-electron chi connectivity index (χ4n) is 0.912. The van der Waals surface area contributed by atoms with Crippen LogP contribution in [0.15, 0.2) is 17.0 Å². The van der Waals surface area contributed by atoms with Gasteiger partial charge in [-0.2, -0.15) is 5.10 Å². The molecule has 0 aromatic carbocycles. The molecule has 0 aliphatic carbocycles. The van der Waals surface area contributed by atoms with E-state index in [9.17, 15) is 0 Å². The molecule has 3 nitrogen and oxygen atoms in total. The Morgan fingerprint density at radius 2 is 2.33 bits per heavy atom. The topological polar surface area (TPSA) is 30.2 Å². The lowest BCUT2D eigenvalue weighted by atomic mass is 10.5. The summed E-state index contributed by atoms with van der Waals surface area (Å²) in [6, 6.07) is 0. The van der Waals surface area contributed by atoms with Crippen LogP contribution in [-0.2, 0) is 0 Å². The van der Waals surface area contributed by atoms with Gasteiger partial charge in [-0.25, -0.2) is 9.50 Å². The number of hydrogen-bond acceptors (Lipinski definition) is 2. The highest BCUT2D eigenvalue weighted by atomic mass is 127. The zero-order valence-electron chi connectivity index (χ0n) is 5.63. The Bertz CT molecular complexity index is 442. The Hall–Kier alpha value is 0.120. The van der Waals surface area contributed by atoms with Crippen LogP contribution in [0.2, 0.25) is 5.15 Å². The van der Waals surface area contributed by atoms with Crippen molar-refractivity contribution in [2.24, 2.45) is 0 Å². The van der Waals surface area contributed by atoms with Gasteiger partial charge in [-0.15, -0.1) is 0 Å². The summed E-state index contributed by atoms with van der Waals surface area (Å²) in [6.07, 6.45) is 3.31. The van der Waals surface area contributed by atoms with Crippen LogP contribution in [0.4, 0.5) is 0 Å². The van der Waals surface area contributed by atoms with Crippen molar-refractivity contribution in [1.82, 2.24) is 14.6 Å². The van der Waals surface area contributed by atoms with Crippen molar-refractivity contribution in [3.05, 3.63) is 25.7 Å². The molecule has 0 saturated carbocycles. The zero-order chi connectivity index (χ0) is 8.72. The SMILES string of the molecule is Clc1ncnn2cc(I)c(Br)c12. The second-order valence-corrected chi connectivity index (χ2v) is 4.45. The van der Waals surface area contributed by atoms with E-state index in [1.54, 1.807) is 4.52 Å². The van der Waals surface area contributed by atoms with Gasteiger partial charge in [0.2, 0.25) is 0 Å². The van der Waals surface area contributed by atoms with Crippen LogP contribution in [0.5, 0.6) is 0 Å².